The second kappa shape index (κ2) is 5.48. The van der Waals surface area contributed by atoms with E-state index in [-0.39, 0.29) is 11.9 Å². The number of aryl methyl sites for hydroxylation is 1. The summed E-state index contributed by atoms with van der Waals surface area (Å²) in [4.78, 5) is 22.0. The molecule has 0 aliphatic carbocycles. The van der Waals surface area contributed by atoms with Crippen molar-refractivity contribution >= 4 is 22.9 Å². The Morgan fingerprint density at radius 2 is 2.14 bits per heavy atom. The first-order valence-electron chi connectivity index (χ1n) is 7.08. The number of benzene rings is 1. The van der Waals surface area contributed by atoms with Crippen molar-refractivity contribution in [3.8, 4) is 0 Å². The predicted molar refractivity (Wildman–Crippen MR) is 85.9 cm³/mol. The summed E-state index contributed by atoms with van der Waals surface area (Å²) in [5.74, 6) is 0.0904. The quantitative estimate of drug-likeness (QED) is 0.812. The fourth-order valence-corrected chi connectivity index (χ4v) is 3.62. The van der Waals surface area contributed by atoms with Gasteiger partial charge < -0.3 is 9.80 Å². The number of hydrogen-bond acceptors (Lipinski definition) is 4. The van der Waals surface area contributed by atoms with E-state index in [9.17, 15) is 4.79 Å². The molecule has 1 atom stereocenters. The number of rotatable bonds is 1. The van der Waals surface area contributed by atoms with Gasteiger partial charge in [-0.3, -0.25) is 4.79 Å². The maximum atomic E-state index is 12.8. The van der Waals surface area contributed by atoms with E-state index in [4.69, 9.17) is 0 Å². The molecule has 110 valence electrons. The first-order valence-corrected chi connectivity index (χ1v) is 7.96. The fraction of sp³-hybridized carbons (Fsp3) is 0.375. The van der Waals surface area contributed by atoms with Crippen molar-refractivity contribution in [3.63, 3.8) is 0 Å². The van der Waals surface area contributed by atoms with Gasteiger partial charge >= 0.3 is 0 Å². The molecule has 1 aliphatic rings. The Morgan fingerprint density at radius 3 is 2.86 bits per heavy atom. The lowest BCUT2D eigenvalue weighted by molar-refractivity contribution is 0.0691. The van der Waals surface area contributed by atoms with Gasteiger partial charge in [-0.25, -0.2) is 4.98 Å². The van der Waals surface area contributed by atoms with Crippen LogP contribution < -0.4 is 4.90 Å². The largest absolute Gasteiger partial charge is 0.372 e. The van der Waals surface area contributed by atoms with Gasteiger partial charge in [0.1, 0.15) is 4.88 Å². The SMILES string of the molecule is Cc1ncsc1C(=O)N1Cc2ccccc2N(C)C[C@@H]1C. The molecule has 4 nitrogen and oxygen atoms in total. The third-order valence-electron chi connectivity index (χ3n) is 4.01. The van der Waals surface area contributed by atoms with Crippen LogP contribution in [0.25, 0.3) is 0 Å². The lowest BCUT2D eigenvalue weighted by Crippen LogP contribution is -2.41. The molecule has 0 fully saturated rings. The summed E-state index contributed by atoms with van der Waals surface area (Å²) in [6.45, 7) is 5.49. The standard InChI is InChI=1S/C16H19N3OS/c1-11-8-18(3)14-7-5-4-6-13(14)9-19(11)16(20)15-12(2)17-10-21-15/h4-7,10-11H,8-9H2,1-3H3/t11-/m0/s1. The molecule has 0 unspecified atom stereocenters. The summed E-state index contributed by atoms with van der Waals surface area (Å²) >= 11 is 1.43. The molecule has 0 N–H and O–H groups in total. The molecule has 1 aromatic carbocycles. The van der Waals surface area contributed by atoms with E-state index in [1.165, 1.54) is 22.6 Å². The monoisotopic (exact) mass is 301 g/mol. The third-order valence-corrected chi connectivity index (χ3v) is 4.93. The third kappa shape index (κ3) is 2.53. The van der Waals surface area contributed by atoms with Crippen molar-refractivity contribution in [2.75, 3.05) is 18.5 Å². The number of aromatic nitrogens is 1. The van der Waals surface area contributed by atoms with Crippen molar-refractivity contribution in [3.05, 3.63) is 45.9 Å². The summed E-state index contributed by atoms with van der Waals surface area (Å²) < 4.78 is 0. The number of nitrogens with zero attached hydrogens (tertiary/aromatic N) is 3. The number of carbonyl (C=O) groups excluding carboxylic acids is 1. The number of hydrogen-bond donors (Lipinski definition) is 0. The molecule has 2 heterocycles. The highest BCUT2D eigenvalue weighted by molar-refractivity contribution is 7.11. The van der Waals surface area contributed by atoms with Crippen LogP contribution >= 0.6 is 11.3 Å². The zero-order valence-corrected chi connectivity index (χ0v) is 13.4. The number of para-hydroxylation sites is 1. The van der Waals surface area contributed by atoms with Crippen molar-refractivity contribution in [2.24, 2.45) is 0 Å². The summed E-state index contributed by atoms with van der Waals surface area (Å²) in [7, 11) is 2.08. The number of fused-ring (bicyclic) bond motifs is 1. The Balaban J connectivity index is 1.96. The smallest absolute Gasteiger partial charge is 0.266 e. The molecular weight excluding hydrogens is 282 g/mol. The van der Waals surface area contributed by atoms with Crippen molar-refractivity contribution in [2.45, 2.75) is 26.4 Å². The van der Waals surface area contributed by atoms with E-state index in [1.54, 1.807) is 5.51 Å². The molecule has 0 saturated heterocycles. The average Bonchev–Trinajstić information content (AvgIpc) is 2.85. The second-order valence-corrected chi connectivity index (χ2v) is 6.41. The molecule has 5 heteroatoms. The lowest BCUT2D eigenvalue weighted by atomic mass is 10.1. The Labute approximate surface area is 129 Å². The van der Waals surface area contributed by atoms with E-state index >= 15 is 0 Å². The molecule has 1 aromatic heterocycles. The van der Waals surface area contributed by atoms with E-state index in [0.717, 1.165) is 17.1 Å². The molecule has 0 saturated carbocycles. The molecule has 21 heavy (non-hydrogen) atoms. The van der Waals surface area contributed by atoms with Gasteiger partial charge in [-0.2, -0.15) is 0 Å². The summed E-state index contributed by atoms with van der Waals surface area (Å²) in [5.41, 5.74) is 4.97. The highest BCUT2D eigenvalue weighted by atomic mass is 32.1. The van der Waals surface area contributed by atoms with E-state index in [1.807, 2.05) is 24.0 Å². The summed E-state index contributed by atoms with van der Waals surface area (Å²) in [6, 6.07) is 8.46. The molecule has 2 aromatic rings. The molecule has 1 amide bonds. The summed E-state index contributed by atoms with van der Waals surface area (Å²) in [5, 5.41) is 0. The average molecular weight is 301 g/mol. The lowest BCUT2D eigenvalue weighted by Gasteiger charge is -2.28. The molecule has 3 rings (SSSR count). The van der Waals surface area contributed by atoms with Crippen LogP contribution in [-0.2, 0) is 6.54 Å². The van der Waals surface area contributed by atoms with Crippen molar-refractivity contribution in [1.29, 1.82) is 0 Å². The van der Waals surface area contributed by atoms with Gasteiger partial charge in [-0.05, 0) is 25.5 Å². The van der Waals surface area contributed by atoms with Gasteiger partial charge in [-0.15, -0.1) is 11.3 Å². The van der Waals surface area contributed by atoms with E-state index in [0.29, 0.717) is 6.54 Å². The number of anilines is 1. The Kier molecular flexibility index (Phi) is 3.68. The van der Waals surface area contributed by atoms with Gasteiger partial charge in [-0.1, -0.05) is 18.2 Å². The maximum Gasteiger partial charge on any atom is 0.266 e. The zero-order valence-electron chi connectivity index (χ0n) is 12.5. The minimum atomic E-state index is 0.0904. The summed E-state index contributed by atoms with van der Waals surface area (Å²) in [6.07, 6.45) is 0. The van der Waals surface area contributed by atoms with Gasteiger partial charge in [0.05, 0.1) is 11.2 Å². The predicted octanol–water partition coefficient (Wildman–Crippen LogP) is 2.93. The van der Waals surface area contributed by atoms with Crippen LogP contribution in [0.15, 0.2) is 29.8 Å². The van der Waals surface area contributed by atoms with Crippen LogP contribution in [0.4, 0.5) is 5.69 Å². The van der Waals surface area contributed by atoms with Crippen LogP contribution in [0, 0.1) is 6.92 Å². The number of carbonyl (C=O) groups is 1. The first kappa shape index (κ1) is 14.1. The second-order valence-electron chi connectivity index (χ2n) is 5.56. The van der Waals surface area contributed by atoms with Crippen molar-refractivity contribution in [1.82, 2.24) is 9.88 Å². The highest BCUT2D eigenvalue weighted by Crippen LogP contribution is 2.28. The fourth-order valence-electron chi connectivity index (χ4n) is 2.86. The van der Waals surface area contributed by atoms with E-state index in [2.05, 4.69) is 36.0 Å². The van der Waals surface area contributed by atoms with Gasteiger partial charge in [0.15, 0.2) is 0 Å². The topological polar surface area (TPSA) is 36.4 Å². The molecule has 1 aliphatic heterocycles. The minimum absolute atomic E-state index is 0.0904. The first-order chi connectivity index (χ1) is 10.1. The van der Waals surface area contributed by atoms with Crippen LogP contribution in [0.5, 0.6) is 0 Å². The van der Waals surface area contributed by atoms with Crippen LogP contribution in [-0.4, -0.2) is 35.4 Å². The van der Waals surface area contributed by atoms with Gasteiger partial charge in [0, 0.05) is 31.9 Å². The van der Waals surface area contributed by atoms with Crippen LogP contribution in [0.2, 0.25) is 0 Å². The Bertz CT molecular complexity index is 667. The minimum Gasteiger partial charge on any atom is -0.372 e. The maximum absolute atomic E-state index is 12.8. The number of likely N-dealkylation sites (N-methyl/N-ethyl adjacent to an activating group) is 1. The van der Waals surface area contributed by atoms with Gasteiger partial charge in [0.25, 0.3) is 5.91 Å². The number of amides is 1. The van der Waals surface area contributed by atoms with Crippen molar-refractivity contribution < 1.29 is 4.79 Å². The normalized spacial score (nSPS) is 18.3. The van der Waals surface area contributed by atoms with Crippen LogP contribution in [0.3, 0.4) is 0 Å². The molecular formula is C16H19N3OS. The van der Waals surface area contributed by atoms with Gasteiger partial charge in [0.2, 0.25) is 0 Å². The zero-order chi connectivity index (χ0) is 15.0. The Morgan fingerprint density at radius 1 is 1.38 bits per heavy atom. The van der Waals surface area contributed by atoms with E-state index < -0.39 is 0 Å². The van der Waals surface area contributed by atoms with Crippen LogP contribution in [0.1, 0.15) is 27.9 Å². The highest BCUT2D eigenvalue weighted by Gasteiger charge is 2.29. The molecule has 0 bridgehead atoms. The number of thiazole rings is 1. The Hall–Kier alpha value is -1.88. The molecule has 0 radical (unpaired) electrons. The molecule has 0 spiro atoms.